The first-order chi connectivity index (χ1) is 18.4. The van der Waals surface area contributed by atoms with Crippen molar-refractivity contribution >= 4 is 34.2 Å². The highest BCUT2D eigenvalue weighted by Gasteiger charge is 2.35. The molecule has 5 rings (SSSR count). The van der Waals surface area contributed by atoms with Gasteiger partial charge in [0.05, 0.1) is 17.7 Å². The van der Waals surface area contributed by atoms with Gasteiger partial charge in [0.25, 0.3) is 0 Å². The molecule has 13 heteroatoms. The minimum atomic E-state index is -1.43. The summed E-state index contributed by atoms with van der Waals surface area (Å²) in [6.07, 6.45) is 3.67. The number of nitrogens with one attached hydrogen (secondary N) is 1. The second kappa shape index (κ2) is 10.9. The van der Waals surface area contributed by atoms with Gasteiger partial charge in [0, 0.05) is 61.7 Å². The van der Waals surface area contributed by atoms with Gasteiger partial charge >= 0.3 is 5.97 Å². The zero-order valence-electron chi connectivity index (χ0n) is 20.4. The third-order valence-electron chi connectivity index (χ3n) is 6.26. The normalized spacial score (nSPS) is 14.6. The van der Waals surface area contributed by atoms with Gasteiger partial charge in [-0.1, -0.05) is 0 Å². The number of ether oxygens (including phenoxy) is 1. The molecule has 11 nitrogen and oxygen atoms in total. The van der Waals surface area contributed by atoms with Crippen LogP contribution in [0.4, 0.5) is 10.2 Å². The van der Waals surface area contributed by atoms with Crippen molar-refractivity contribution in [3.05, 3.63) is 63.8 Å². The molecule has 0 saturated carbocycles. The Hall–Kier alpha value is -3.78. The van der Waals surface area contributed by atoms with Crippen LogP contribution < -0.4 is 15.6 Å². The highest BCUT2D eigenvalue weighted by Crippen LogP contribution is 2.31. The average Bonchev–Trinajstić information content (AvgIpc) is 3.37. The van der Waals surface area contributed by atoms with Crippen LogP contribution in [0.5, 0.6) is 0 Å². The van der Waals surface area contributed by atoms with E-state index in [0.717, 1.165) is 11.6 Å². The van der Waals surface area contributed by atoms with Gasteiger partial charge in [0.15, 0.2) is 22.4 Å². The van der Waals surface area contributed by atoms with Crippen molar-refractivity contribution in [1.82, 2.24) is 24.8 Å². The molecule has 1 unspecified atom stereocenters. The van der Waals surface area contributed by atoms with Crippen molar-refractivity contribution in [2.75, 3.05) is 37.7 Å². The summed E-state index contributed by atoms with van der Waals surface area (Å²) < 4.78 is 21.8. The Labute approximate surface area is 220 Å². The summed E-state index contributed by atoms with van der Waals surface area (Å²) in [5.74, 6) is -2.33. The molecule has 198 valence electrons. The number of nitrogens with zero attached hydrogens (tertiary/aromatic N) is 5. The van der Waals surface area contributed by atoms with Crippen molar-refractivity contribution in [1.29, 1.82) is 0 Å². The molecule has 4 aromatic rings. The number of aliphatic hydroxyl groups is 1. The number of carboxylic acids is 1. The molecule has 1 saturated heterocycles. The molecule has 0 radical (unpaired) electrons. The van der Waals surface area contributed by atoms with Gasteiger partial charge in [-0.15, -0.1) is 11.3 Å². The van der Waals surface area contributed by atoms with Crippen LogP contribution >= 0.6 is 11.3 Å². The third kappa shape index (κ3) is 5.00. The first-order valence-electron chi connectivity index (χ1n) is 12.0. The second-order valence-electron chi connectivity index (χ2n) is 8.73. The summed E-state index contributed by atoms with van der Waals surface area (Å²) in [7, 11) is 0. The Bertz CT molecular complexity index is 1520. The van der Waals surface area contributed by atoms with Crippen LogP contribution in [0, 0.1) is 11.7 Å². The maximum Gasteiger partial charge on any atom is 0.341 e. The van der Waals surface area contributed by atoms with Crippen molar-refractivity contribution in [3.63, 3.8) is 0 Å². The minimum absolute atomic E-state index is 0.00975. The molecule has 0 aromatic carbocycles. The van der Waals surface area contributed by atoms with Crippen molar-refractivity contribution in [2.24, 2.45) is 5.92 Å². The first kappa shape index (κ1) is 25.9. The van der Waals surface area contributed by atoms with Crippen LogP contribution in [-0.4, -0.2) is 74.8 Å². The number of pyridine rings is 3. The summed E-state index contributed by atoms with van der Waals surface area (Å²) in [5.41, 5.74) is 0.109. The molecule has 4 aromatic heterocycles. The fourth-order valence-electron chi connectivity index (χ4n) is 4.23. The number of aromatic nitrogens is 4. The van der Waals surface area contributed by atoms with Crippen LogP contribution in [-0.2, 0) is 4.74 Å². The van der Waals surface area contributed by atoms with E-state index in [2.05, 4.69) is 20.3 Å². The molecule has 0 spiro atoms. The number of fused-ring (bicyclic) bond motifs is 1. The van der Waals surface area contributed by atoms with E-state index < -0.39 is 29.0 Å². The molecular weight excluding hydrogens is 515 g/mol. The topological polar surface area (TPSA) is 143 Å². The van der Waals surface area contributed by atoms with Crippen LogP contribution in [0.3, 0.4) is 0 Å². The number of carboxylic acid groups (broad SMARTS) is 1. The lowest BCUT2D eigenvalue weighted by molar-refractivity contribution is 0.0485. The summed E-state index contributed by atoms with van der Waals surface area (Å²) in [6.45, 7) is 4.13. The van der Waals surface area contributed by atoms with Crippen LogP contribution in [0.1, 0.15) is 17.3 Å². The van der Waals surface area contributed by atoms with E-state index in [1.54, 1.807) is 28.7 Å². The number of carbonyl (C=O) groups is 1. The second-order valence-corrected chi connectivity index (χ2v) is 9.57. The Balaban J connectivity index is 1.49. The smallest absolute Gasteiger partial charge is 0.341 e. The summed E-state index contributed by atoms with van der Waals surface area (Å²) in [4.78, 5) is 39.5. The van der Waals surface area contributed by atoms with Gasteiger partial charge in [0.1, 0.15) is 11.8 Å². The predicted molar refractivity (Wildman–Crippen MR) is 139 cm³/mol. The summed E-state index contributed by atoms with van der Waals surface area (Å²) >= 11 is 1.22. The molecule has 38 heavy (non-hydrogen) atoms. The number of thiazole rings is 1. The zero-order valence-corrected chi connectivity index (χ0v) is 21.2. The highest BCUT2D eigenvalue weighted by molar-refractivity contribution is 7.12. The molecule has 0 aliphatic carbocycles. The lowest BCUT2D eigenvalue weighted by Gasteiger charge is -2.42. The number of rotatable bonds is 10. The largest absolute Gasteiger partial charge is 0.477 e. The average molecular weight is 541 g/mol. The van der Waals surface area contributed by atoms with E-state index in [4.69, 9.17) is 4.74 Å². The molecular formula is C25H25FN6O5S. The number of hydrogen-bond acceptors (Lipinski definition) is 10. The van der Waals surface area contributed by atoms with Gasteiger partial charge < -0.3 is 19.8 Å². The number of aliphatic hydroxyl groups excluding tert-OH is 1. The zero-order chi connectivity index (χ0) is 26.8. The first-order valence-corrected chi connectivity index (χ1v) is 12.8. The van der Waals surface area contributed by atoms with Gasteiger partial charge in [-0.25, -0.2) is 19.2 Å². The van der Waals surface area contributed by atoms with Gasteiger partial charge in [-0.05, 0) is 25.1 Å². The number of halogens is 1. The van der Waals surface area contributed by atoms with E-state index in [1.807, 2.05) is 13.0 Å². The monoisotopic (exact) mass is 540 g/mol. The van der Waals surface area contributed by atoms with Crippen LogP contribution in [0.15, 0.2) is 47.0 Å². The van der Waals surface area contributed by atoms with Crippen molar-refractivity contribution in [3.8, 4) is 16.4 Å². The lowest BCUT2D eigenvalue weighted by Crippen LogP contribution is -2.56. The third-order valence-corrected chi connectivity index (χ3v) is 7.10. The van der Waals surface area contributed by atoms with E-state index in [-0.39, 0.29) is 22.8 Å². The van der Waals surface area contributed by atoms with E-state index in [0.29, 0.717) is 43.7 Å². The molecule has 5 heterocycles. The summed E-state index contributed by atoms with van der Waals surface area (Å²) in [6, 6.07) is 4.63. The quantitative estimate of drug-likeness (QED) is 0.202. The van der Waals surface area contributed by atoms with Crippen LogP contribution in [0.2, 0.25) is 0 Å². The molecule has 0 bridgehead atoms. The summed E-state index contributed by atoms with van der Waals surface area (Å²) in [5, 5.41) is 24.9. The Morgan fingerprint density at radius 1 is 1.37 bits per heavy atom. The molecule has 3 N–H and O–H groups in total. The van der Waals surface area contributed by atoms with E-state index >= 15 is 4.39 Å². The standard InChI is InChI=1S/C25H25FN6O5S/c1-2-37-7-6-28-23(34)15-10-31(11-15)22-18(26)8-16-20(33)17(24(35)36)12-32(21(16)30-22)25-29-19(13-38-25)14-4-3-5-27-9-14/h3-5,8-9,12-13,15,23,28,34H,2,6-7,10-11H2,1H3,(H,35,36). The van der Waals surface area contributed by atoms with Gasteiger partial charge in [0.2, 0.25) is 5.43 Å². The molecule has 1 aliphatic rings. The van der Waals surface area contributed by atoms with Crippen LogP contribution in [0.25, 0.3) is 27.4 Å². The number of aromatic carboxylic acids is 1. The molecule has 0 amide bonds. The van der Waals surface area contributed by atoms with E-state index in [1.165, 1.54) is 22.1 Å². The lowest BCUT2D eigenvalue weighted by atomic mass is 9.98. The number of anilines is 1. The van der Waals surface area contributed by atoms with Crippen molar-refractivity contribution in [2.45, 2.75) is 13.2 Å². The molecule has 1 fully saturated rings. The predicted octanol–water partition coefficient (Wildman–Crippen LogP) is 2.12. The Kier molecular flexibility index (Phi) is 7.42. The fraction of sp³-hybridized carbons (Fsp3) is 0.320. The molecule has 1 aliphatic heterocycles. The number of hydrogen-bond donors (Lipinski definition) is 3. The highest BCUT2D eigenvalue weighted by atomic mass is 32.1. The maximum absolute atomic E-state index is 15.2. The molecule has 1 atom stereocenters. The Morgan fingerprint density at radius 2 is 2.18 bits per heavy atom. The fourth-order valence-corrected chi connectivity index (χ4v) is 5.04. The minimum Gasteiger partial charge on any atom is -0.477 e. The van der Waals surface area contributed by atoms with Crippen molar-refractivity contribution < 1.29 is 24.1 Å². The maximum atomic E-state index is 15.2. The SMILES string of the molecule is CCOCCNC(O)C1CN(c2nc3c(cc2F)c(=O)c(C(=O)O)cn3-c2nc(-c3cccnc3)cs2)C1. The van der Waals surface area contributed by atoms with Gasteiger partial charge in [-0.2, -0.15) is 0 Å². The van der Waals surface area contributed by atoms with Gasteiger partial charge in [-0.3, -0.25) is 19.7 Å². The van der Waals surface area contributed by atoms with E-state index in [9.17, 15) is 19.8 Å². The Morgan fingerprint density at radius 3 is 2.89 bits per heavy atom.